The molecule has 3 aromatic rings. The lowest BCUT2D eigenvalue weighted by molar-refractivity contribution is 0.601. The normalized spacial score (nSPS) is 11.4. The maximum Gasteiger partial charge on any atom is 0.261 e. The molecule has 0 unspecified atom stereocenters. The van der Waals surface area contributed by atoms with Crippen molar-refractivity contribution in [2.24, 2.45) is 0 Å². The van der Waals surface area contributed by atoms with Gasteiger partial charge in [-0.05, 0) is 86.8 Å². The molecule has 0 bridgehead atoms. The molecule has 5 heteroatoms. The van der Waals surface area contributed by atoms with Gasteiger partial charge in [-0.2, -0.15) is 0 Å². The predicted molar refractivity (Wildman–Crippen MR) is 113 cm³/mol. The van der Waals surface area contributed by atoms with Crippen molar-refractivity contribution in [1.29, 1.82) is 0 Å². The Hall–Kier alpha value is -2.24. The summed E-state index contributed by atoms with van der Waals surface area (Å²) in [4.78, 5) is 2.54. The summed E-state index contributed by atoms with van der Waals surface area (Å²) >= 11 is 1.67. The van der Waals surface area contributed by atoms with Crippen LogP contribution in [0, 0.1) is 27.7 Å². The van der Waals surface area contributed by atoms with Crippen molar-refractivity contribution in [2.45, 2.75) is 42.4 Å². The first-order chi connectivity index (χ1) is 12.7. The molecule has 27 heavy (non-hydrogen) atoms. The summed E-state index contributed by atoms with van der Waals surface area (Å²) in [6.07, 6.45) is 0. The number of hydrogen-bond donors (Lipinski definition) is 1. The van der Waals surface area contributed by atoms with E-state index in [1.165, 1.54) is 16.0 Å². The quantitative estimate of drug-likeness (QED) is 0.585. The highest BCUT2D eigenvalue weighted by atomic mass is 32.2. The van der Waals surface area contributed by atoms with Gasteiger partial charge in [0.25, 0.3) is 10.0 Å². The van der Waals surface area contributed by atoms with Gasteiger partial charge in [0.15, 0.2) is 0 Å². The summed E-state index contributed by atoms with van der Waals surface area (Å²) in [6, 6.07) is 19.0. The van der Waals surface area contributed by atoms with E-state index in [4.69, 9.17) is 0 Å². The average molecular weight is 398 g/mol. The largest absolute Gasteiger partial charge is 0.280 e. The molecule has 0 saturated heterocycles. The van der Waals surface area contributed by atoms with Gasteiger partial charge in [-0.25, -0.2) is 8.42 Å². The lowest BCUT2D eigenvalue weighted by atomic mass is 10.1. The smallest absolute Gasteiger partial charge is 0.261 e. The molecule has 0 spiro atoms. The van der Waals surface area contributed by atoms with Crippen LogP contribution in [0.5, 0.6) is 0 Å². The fraction of sp³-hybridized carbons (Fsp3) is 0.182. The van der Waals surface area contributed by atoms with Gasteiger partial charge in [0.05, 0.1) is 4.90 Å². The third-order valence-corrected chi connectivity index (χ3v) is 7.02. The SMILES string of the molecule is Cc1ccc(Sc2ccc(NS(=O)(=O)c3ccc(C)c(C)c3)cc2)c(C)c1. The second-order valence-corrected chi connectivity index (χ2v) is 9.54. The number of hydrogen-bond acceptors (Lipinski definition) is 3. The van der Waals surface area contributed by atoms with E-state index in [0.717, 1.165) is 16.0 Å². The lowest BCUT2D eigenvalue weighted by Crippen LogP contribution is -2.13. The summed E-state index contributed by atoms with van der Waals surface area (Å²) in [5.41, 5.74) is 5.06. The molecule has 0 aliphatic rings. The molecule has 140 valence electrons. The van der Waals surface area contributed by atoms with Gasteiger partial charge in [0.1, 0.15) is 0 Å². The molecular weight excluding hydrogens is 374 g/mol. The molecule has 1 N–H and O–H groups in total. The molecule has 0 heterocycles. The molecule has 0 aliphatic carbocycles. The van der Waals surface area contributed by atoms with Gasteiger partial charge in [-0.15, -0.1) is 0 Å². The number of benzene rings is 3. The Labute approximate surface area is 165 Å². The van der Waals surface area contributed by atoms with E-state index in [9.17, 15) is 8.42 Å². The van der Waals surface area contributed by atoms with Crippen molar-refractivity contribution in [1.82, 2.24) is 0 Å². The van der Waals surface area contributed by atoms with Crippen molar-refractivity contribution < 1.29 is 8.42 Å². The van der Waals surface area contributed by atoms with Crippen LogP contribution < -0.4 is 4.72 Å². The van der Waals surface area contributed by atoms with E-state index in [-0.39, 0.29) is 4.90 Å². The summed E-state index contributed by atoms with van der Waals surface area (Å²) in [7, 11) is -3.59. The standard InChI is InChI=1S/C22H23NO2S2/c1-15-5-12-22(18(4)13-15)26-20-9-7-19(8-10-20)23-27(24,25)21-11-6-16(2)17(3)14-21/h5-14,23H,1-4H3. The average Bonchev–Trinajstić information content (AvgIpc) is 2.61. The van der Waals surface area contributed by atoms with Crippen LogP contribution in [0.1, 0.15) is 22.3 Å². The Bertz CT molecular complexity index is 1070. The van der Waals surface area contributed by atoms with Crippen LogP contribution in [-0.2, 0) is 10.0 Å². The van der Waals surface area contributed by atoms with Crippen molar-refractivity contribution in [3.8, 4) is 0 Å². The second-order valence-electron chi connectivity index (χ2n) is 6.75. The fourth-order valence-corrected chi connectivity index (χ4v) is 4.75. The highest BCUT2D eigenvalue weighted by molar-refractivity contribution is 7.99. The first-order valence-electron chi connectivity index (χ1n) is 8.70. The predicted octanol–water partition coefficient (Wildman–Crippen LogP) is 5.87. The molecule has 3 aromatic carbocycles. The van der Waals surface area contributed by atoms with Crippen molar-refractivity contribution in [3.63, 3.8) is 0 Å². The second kappa shape index (κ2) is 7.79. The fourth-order valence-electron chi connectivity index (χ4n) is 2.73. The zero-order valence-corrected chi connectivity index (χ0v) is 17.5. The highest BCUT2D eigenvalue weighted by Crippen LogP contribution is 2.31. The Balaban J connectivity index is 1.76. The first-order valence-corrected chi connectivity index (χ1v) is 11.0. The number of sulfonamides is 1. The Morgan fingerprint density at radius 2 is 1.44 bits per heavy atom. The molecule has 0 atom stereocenters. The van der Waals surface area contributed by atoms with Gasteiger partial charge in [-0.3, -0.25) is 4.72 Å². The van der Waals surface area contributed by atoms with Gasteiger partial charge in [0.2, 0.25) is 0 Å². The van der Waals surface area contributed by atoms with E-state index >= 15 is 0 Å². The van der Waals surface area contributed by atoms with E-state index in [0.29, 0.717) is 5.69 Å². The summed E-state index contributed by atoms with van der Waals surface area (Å²) in [5.74, 6) is 0. The van der Waals surface area contributed by atoms with Gasteiger partial charge in [0, 0.05) is 15.5 Å². The van der Waals surface area contributed by atoms with E-state index in [1.54, 1.807) is 36.0 Å². The van der Waals surface area contributed by atoms with E-state index in [2.05, 4.69) is 36.8 Å². The number of nitrogens with one attached hydrogen (secondary N) is 1. The molecule has 0 aromatic heterocycles. The number of aryl methyl sites for hydroxylation is 4. The molecule has 0 radical (unpaired) electrons. The summed E-state index contributed by atoms with van der Waals surface area (Å²) in [5, 5.41) is 0. The maximum atomic E-state index is 12.6. The van der Waals surface area contributed by atoms with Gasteiger partial charge in [-0.1, -0.05) is 35.5 Å². The highest BCUT2D eigenvalue weighted by Gasteiger charge is 2.15. The summed E-state index contributed by atoms with van der Waals surface area (Å²) < 4.78 is 27.9. The molecule has 3 nitrogen and oxygen atoms in total. The van der Waals surface area contributed by atoms with Crippen LogP contribution >= 0.6 is 11.8 Å². The van der Waals surface area contributed by atoms with Crippen LogP contribution in [0.25, 0.3) is 0 Å². The van der Waals surface area contributed by atoms with Crippen molar-refractivity contribution in [2.75, 3.05) is 4.72 Å². The Kier molecular flexibility index (Phi) is 5.63. The van der Waals surface area contributed by atoms with Crippen LogP contribution in [0.15, 0.2) is 75.4 Å². The third-order valence-electron chi connectivity index (χ3n) is 4.45. The topological polar surface area (TPSA) is 46.2 Å². The molecule has 0 amide bonds. The number of anilines is 1. The van der Waals surface area contributed by atoms with Gasteiger partial charge < -0.3 is 0 Å². The number of rotatable bonds is 5. The van der Waals surface area contributed by atoms with Crippen molar-refractivity contribution >= 4 is 27.5 Å². The summed E-state index contributed by atoms with van der Waals surface area (Å²) in [6.45, 7) is 8.05. The monoisotopic (exact) mass is 397 g/mol. The van der Waals surface area contributed by atoms with E-state index in [1.807, 2.05) is 32.0 Å². The zero-order chi connectivity index (χ0) is 19.6. The third kappa shape index (κ3) is 4.73. The van der Waals surface area contributed by atoms with Crippen LogP contribution in [0.2, 0.25) is 0 Å². The van der Waals surface area contributed by atoms with Crippen LogP contribution in [-0.4, -0.2) is 8.42 Å². The molecule has 0 fully saturated rings. The zero-order valence-electron chi connectivity index (χ0n) is 15.9. The van der Waals surface area contributed by atoms with E-state index < -0.39 is 10.0 Å². The first kappa shape index (κ1) is 19.5. The maximum absolute atomic E-state index is 12.6. The van der Waals surface area contributed by atoms with Gasteiger partial charge >= 0.3 is 0 Å². The Morgan fingerprint density at radius 3 is 2.07 bits per heavy atom. The Morgan fingerprint density at radius 1 is 0.741 bits per heavy atom. The molecule has 0 aliphatic heterocycles. The minimum Gasteiger partial charge on any atom is -0.280 e. The van der Waals surface area contributed by atoms with Crippen LogP contribution in [0.4, 0.5) is 5.69 Å². The minimum absolute atomic E-state index is 0.277. The molecule has 3 rings (SSSR count). The molecule has 0 saturated carbocycles. The minimum atomic E-state index is -3.59. The lowest BCUT2D eigenvalue weighted by Gasteiger charge is -2.11. The van der Waals surface area contributed by atoms with Crippen LogP contribution in [0.3, 0.4) is 0 Å². The molecular formula is C22H23NO2S2. The van der Waals surface area contributed by atoms with Crippen molar-refractivity contribution in [3.05, 3.63) is 82.9 Å².